The van der Waals surface area contributed by atoms with Gasteiger partial charge in [0.2, 0.25) is 5.91 Å². The molecule has 98 valence electrons. The number of carbonyl (C=O) groups is 1. The molecule has 1 aromatic rings. The maximum absolute atomic E-state index is 13.6. The van der Waals surface area contributed by atoms with Crippen LogP contribution in [0.15, 0.2) is 12.1 Å². The largest absolute Gasteiger partial charge is 0.329 e. The highest BCUT2D eigenvalue weighted by atomic mass is 19.1. The Hall–Kier alpha value is -1.49. The van der Waals surface area contributed by atoms with Crippen molar-refractivity contribution in [3.63, 3.8) is 0 Å². The molecule has 1 amide bonds. The van der Waals surface area contributed by atoms with E-state index in [2.05, 4.69) is 5.32 Å². The lowest BCUT2D eigenvalue weighted by molar-refractivity contribution is -0.129. The third-order valence-corrected chi connectivity index (χ3v) is 3.68. The fraction of sp³-hybridized carbons (Fsp3) is 0.462. The Balaban J connectivity index is 2.19. The topological polar surface area (TPSA) is 55.1 Å². The first kappa shape index (κ1) is 13.0. The van der Waals surface area contributed by atoms with Crippen molar-refractivity contribution >= 4 is 11.6 Å². The summed E-state index contributed by atoms with van der Waals surface area (Å²) in [5.41, 5.74) is 5.07. The average Bonchev–Trinajstić information content (AvgIpc) is 2.25. The van der Waals surface area contributed by atoms with Crippen LogP contribution in [-0.2, 0) is 4.79 Å². The number of aryl methyl sites for hydroxylation is 1. The van der Waals surface area contributed by atoms with Gasteiger partial charge < -0.3 is 11.1 Å². The van der Waals surface area contributed by atoms with Crippen molar-refractivity contribution in [1.82, 2.24) is 0 Å². The number of nitrogens with one attached hydrogen (secondary N) is 1. The molecule has 0 spiro atoms. The Morgan fingerprint density at radius 1 is 1.39 bits per heavy atom. The van der Waals surface area contributed by atoms with Gasteiger partial charge in [0, 0.05) is 12.6 Å². The van der Waals surface area contributed by atoms with Crippen LogP contribution >= 0.6 is 0 Å². The van der Waals surface area contributed by atoms with Crippen LogP contribution in [0, 0.1) is 24.0 Å². The number of amides is 1. The number of rotatable bonds is 3. The number of nitrogens with two attached hydrogens (primary N) is 1. The van der Waals surface area contributed by atoms with Gasteiger partial charge in [-0.05, 0) is 31.4 Å². The van der Waals surface area contributed by atoms with Gasteiger partial charge in [-0.25, -0.2) is 8.78 Å². The molecule has 3 nitrogen and oxygen atoms in total. The molecular formula is C13H16F2N2O. The quantitative estimate of drug-likeness (QED) is 0.869. The fourth-order valence-electron chi connectivity index (χ4n) is 2.12. The van der Waals surface area contributed by atoms with E-state index >= 15 is 0 Å². The minimum Gasteiger partial charge on any atom is -0.329 e. The lowest BCUT2D eigenvalue weighted by atomic mass is 9.68. The molecule has 1 fully saturated rings. The highest BCUT2D eigenvalue weighted by Crippen LogP contribution is 2.41. The van der Waals surface area contributed by atoms with E-state index in [9.17, 15) is 13.6 Å². The summed E-state index contributed by atoms with van der Waals surface area (Å²) in [6.45, 7) is 1.70. The summed E-state index contributed by atoms with van der Waals surface area (Å²) >= 11 is 0. The minimum absolute atomic E-state index is 0.122. The first-order chi connectivity index (χ1) is 8.48. The molecular weight excluding hydrogens is 238 g/mol. The highest BCUT2D eigenvalue weighted by Gasteiger charge is 2.43. The van der Waals surface area contributed by atoms with Crippen molar-refractivity contribution in [2.24, 2.45) is 11.1 Å². The van der Waals surface area contributed by atoms with Gasteiger partial charge in [-0.3, -0.25) is 4.79 Å². The zero-order valence-corrected chi connectivity index (χ0v) is 10.2. The van der Waals surface area contributed by atoms with E-state index in [4.69, 9.17) is 5.73 Å². The van der Waals surface area contributed by atoms with Crippen LogP contribution in [0.2, 0.25) is 0 Å². The minimum atomic E-state index is -0.631. The maximum Gasteiger partial charge on any atom is 0.231 e. The Bertz CT molecular complexity index is 479. The third kappa shape index (κ3) is 2.10. The average molecular weight is 254 g/mol. The summed E-state index contributed by atoms with van der Waals surface area (Å²) in [5, 5.41) is 2.44. The second-order valence-corrected chi connectivity index (χ2v) is 4.87. The van der Waals surface area contributed by atoms with Crippen molar-refractivity contribution in [3.05, 3.63) is 29.3 Å². The highest BCUT2D eigenvalue weighted by molar-refractivity contribution is 5.96. The molecule has 1 saturated carbocycles. The molecule has 0 radical (unpaired) electrons. The Morgan fingerprint density at radius 2 is 2.06 bits per heavy atom. The van der Waals surface area contributed by atoms with Crippen molar-refractivity contribution in [2.45, 2.75) is 26.2 Å². The second kappa shape index (κ2) is 4.65. The van der Waals surface area contributed by atoms with Crippen molar-refractivity contribution in [2.75, 3.05) is 11.9 Å². The number of anilines is 1. The van der Waals surface area contributed by atoms with Crippen LogP contribution in [0.4, 0.5) is 14.5 Å². The Kier molecular flexibility index (Phi) is 3.34. The lowest BCUT2D eigenvalue weighted by Gasteiger charge is -2.39. The molecule has 0 aliphatic heterocycles. The van der Waals surface area contributed by atoms with Gasteiger partial charge in [0.15, 0.2) is 0 Å². The zero-order valence-electron chi connectivity index (χ0n) is 10.2. The molecule has 18 heavy (non-hydrogen) atoms. The first-order valence-electron chi connectivity index (χ1n) is 5.96. The lowest BCUT2D eigenvalue weighted by Crippen LogP contribution is -2.47. The molecule has 0 aromatic heterocycles. The maximum atomic E-state index is 13.6. The molecule has 0 unspecified atom stereocenters. The van der Waals surface area contributed by atoms with Crippen molar-refractivity contribution in [1.29, 1.82) is 0 Å². The Labute approximate surface area is 104 Å². The van der Waals surface area contributed by atoms with E-state index < -0.39 is 17.0 Å². The van der Waals surface area contributed by atoms with Crippen LogP contribution in [0.3, 0.4) is 0 Å². The zero-order chi connectivity index (χ0) is 13.3. The third-order valence-electron chi connectivity index (χ3n) is 3.68. The van der Waals surface area contributed by atoms with E-state index in [1.54, 1.807) is 0 Å². The SMILES string of the molecule is Cc1cc(F)c(NC(=O)C2(CN)CCC2)cc1F. The number of carbonyl (C=O) groups excluding carboxylic acids is 1. The van der Waals surface area contributed by atoms with E-state index in [-0.39, 0.29) is 23.7 Å². The predicted molar refractivity (Wildman–Crippen MR) is 65.1 cm³/mol. The van der Waals surface area contributed by atoms with E-state index in [0.717, 1.165) is 18.6 Å². The monoisotopic (exact) mass is 254 g/mol. The summed E-state index contributed by atoms with van der Waals surface area (Å²) < 4.78 is 26.9. The van der Waals surface area contributed by atoms with Gasteiger partial charge >= 0.3 is 0 Å². The van der Waals surface area contributed by atoms with Gasteiger partial charge in [-0.2, -0.15) is 0 Å². The molecule has 0 heterocycles. The number of hydrogen-bond acceptors (Lipinski definition) is 2. The van der Waals surface area contributed by atoms with E-state index in [1.807, 2.05) is 0 Å². The second-order valence-electron chi connectivity index (χ2n) is 4.87. The summed E-state index contributed by atoms with van der Waals surface area (Å²) in [4.78, 5) is 12.0. The number of hydrogen-bond donors (Lipinski definition) is 2. The van der Waals surface area contributed by atoms with E-state index in [0.29, 0.717) is 12.8 Å². The van der Waals surface area contributed by atoms with Gasteiger partial charge in [0.25, 0.3) is 0 Å². The van der Waals surface area contributed by atoms with Gasteiger partial charge in [0.05, 0.1) is 11.1 Å². The van der Waals surface area contributed by atoms with E-state index in [1.165, 1.54) is 6.92 Å². The van der Waals surface area contributed by atoms with Crippen molar-refractivity contribution < 1.29 is 13.6 Å². The van der Waals surface area contributed by atoms with Gasteiger partial charge in [-0.1, -0.05) is 6.42 Å². The fourth-order valence-corrected chi connectivity index (χ4v) is 2.12. The first-order valence-corrected chi connectivity index (χ1v) is 5.96. The Morgan fingerprint density at radius 3 is 2.56 bits per heavy atom. The summed E-state index contributed by atoms with van der Waals surface area (Å²) in [6.07, 6.45) is 2.34. The predicted octanol–water partition coefficient (Wildman–Crippen LogP) is 2.34. The molecule has 5 heteroatoms. The van der Waals surface area contributed by atoms with Crippen LogP contribution in [0.25, 0.3) is 0 Å². The smallest absolute Gasteiger partial charge is 0.231 e. The number of benzene rings is 1. The summed E-state index contributed by atoms with van der Waals surface area (Å²) in [7, 11) is 0. The van der Waals surface area contributed by atoms with Crippen LogP contribution in [0.1, 0.15) is 24.8 Å². The molecule has 0 atom stereocenters. The summed E-state index contributed by atoms with van der Waals surface area (Å²) in [5.74, 6) is -1.49. The molecule has 2 rings (SSSR count). The molecule has 1 aliphatic carbocycles. The van der Waals surface area contributed by atoms with Gasteiger partial charge in [-0.15, -0.1) is 0 Å². The standard InChI is InChI=1S/C13H16F2N2O/c1-8-5-10(15)11(6-9(8)14)17-12(18)13(7-16)3-2-4-13/h5-6H,2-4,7,16H2,1H3,(H,17,18). The normalized spacial score (nSPS) is 17.1. The van der Waals surface area contributed by atoms with Crippen LogP contribution in [-0.4, -0.2) is 12.5 Å². The van der Waals surface area contributed by atoms with Gasteiger partial charge in [0.1, 0.15) is 11.6 Å². The molecule has 1 aliphatic rings. The number of halogens is 2. The molecule has 1 aromatic carbocycles. The van der Waals surface area contributed by atoms with Crippen LogP contribution in [0.5, 0.6) is 0 Å². The molecule has 0 saturated heterocycles. The summed E-state index contributed by atoms with van der Waals surface area (Å²) in [6, 6.07) is 2.08. The van der Waals surface area contributed by atoms with Crippen LogP contribution < -0.4 is 11.1 Å². The molecule has 0 bridgehead atoms. The molecule has 3 N–H and O–H groups in total. The van der Waals surface area contributed by atoms with Crippen molar-refractivity contribution in [3.8, 4) is 0 Å².